The van der Waals surface area contributed by atoms with Crippen molar-refractivity contribution in [2.75, 3.05) is 25.7 Å². The molecule has 0 unspecified atom stereocenters. The zero-order chi connectivity index (χ0) is 18.5. The molecule has 8 heteroatoms. The maximum atomic E-state index is 12.6. The Kier molecular flexibility index (Phi) is 6.18. The normalized spacial score (nSPS) is 12.3. The van der Waals surface area contributed by atoms with Gasteiger partial charge < -0.3 is 15.2 Å². The van der Waals surface area contributed by atoms with Crippen LogP contribution in [-0.4, -0.2) is 52.2 Å². The molecule has 0 bridgehead atoms. The fourth-order valence-corrected chi connectivity index (χ4v) is 4.04. The number of nitrogens with one attached hydrogen (secondary N) is 1. The highest BCUT2D eigenvalue weighted by Gasteiger charge is 2.19. The van der Waals surface area contributed by atoms with Crippen molar-refractivity contribution in [3.63, 3.8) is 0 Å². The number of aliphatic hydroxyl groups excluding tert-OH is 1. The largest absolute Gasteiger partial charge is 0.496 e. The van der Waals surface area contributed by atoms with Gasteiger partial charge in [0.05, 0.1) is 25.5 Å². The van der Waals surface area contributed by atoms with E-state index in [0.717, 1.165) is 34.1 Å². The van der Waals surface area contributed by atoms with Crippen molar-refractivity contribution in [3.05, 3.63) is 41.5 Å². The van der Waals surface area contributed by atoms with Crippen LogP contribution in [-0.2, 0) is 0 Å². The number of hydrogen-bond donors (Lipinski definition) is 2. The van der Waals surface area contributed by atoms with Crippen molar-refractivity contribution in [1.29, 1.82) is 0 Å². The lowest BCUT2D eigenvalue weighted by Crippen LogP contribution is -2.38. The molecule has 3 rings (SSSR count). The quantitative estimate of drug-likeness (QED) is 0.617. The average molecular weight is 392 g/mol. The van der Waals surface area contributed by atoms with Crippen molar-refractivity contribution < 1.29 is 14.6 Å². The molecule has 0 radical (unpaired) electrons. The average Bonchev–Trinajstić information content (AvgIpc) is 3.25. The first-order valence-electron chi connectivity index (χ1n) is 8.18. The zero-order valence-electron chi connectivity index (χ0n) is 14.6. The number of aliphatic hydroxyl groups is 1. The van der Waals surface area contributed by atoms with Crippen molar-refractivity contribution in [3.8, 4) is 17.0 Å². The van der Waals surface area contributed by atoms with Crippen LogP contribution in [0.25, 0.3) is 16.2 Å². The molecule has 2 heterocycles. The van der Waals surface area contributed by atoms with Crippen molar-refractivity contribution in [2.24, 2.45) is 0 Å². The van der Waals surface area contributed by atoms with Gasteiger partial charge in [-0.1, -0.05) is 12.1 Å². The molecule has 0 aliphatic carbocycles. The molecule has 1 atom stereocenters. The number of fused-ring (bicyclic) bond motifs is 1. The Morgan fingerprint density at radius 2 is 2.27 bits per heavy atom. The van der Waals surface area contributed by atoms with E-state index in [1.165, 1.54) is 11.3 Å². The molecule has 0 aliphatic heterocycles. The highest BCUT2D eigenvalue weighted by atomic mass is 32.2. The van der Waals surface area contributed by atoms with Crippen LogP contribution in [0.15, 0.2) is 35.8 Å². The lowest BCUT2D eigenvalue weighted by atomic mass is 10.1. The molecule has 2 N–H and O–H groups in total. The van der Waals surface area contributed by atoms with Gasteiger partial charge in [-0.3, -0.25) is 9.20 Å². The molecule has 3 aromatic rings. The Bertz CT molecular complexity index is 891. The Balaban J connectivity index is 1.87. The van der Waals surface area contributed by atoms with Gasteiger partial charge in [0.1, 0.15) is 11.4 Å². The van der Waals surface area contributed by atoms with E-state index in [2.05, 4.69) is 10.3 Å². The van der Waals surface area contributed by atoms with Crippen LogP contribution in [0.1, 0.15) is 16.9 Å². The number of ether oxygens (including phenoxy) is 1. The summed E-state index contributed by atoms with van der Waals surface area (Å²) in [5.41, 5.74) is 2.15. The number of aromatic nitrogens is 2. The summed E-state index contributed by atoms with van der Waals surface area (Å²) in [6.07, 6.45) is 4.57. The fraction of sp³-hybridized carbons (Fsp3) is 0.333. The van der Waals surface area contributed by atoms with E-state index < -0.39 is 0 Å². The molecule has 0 fully saturated rings. The summed E-state index contributed by atoms with van der Waals surface area (Å²) in [5.74, 6) is 1.41. The Labute approximate surface area is 160 Å². The maximum Gasteiger partial charge on any atom is 0.269 e. The lowest BCUT2D eigenvalue weighted by molar-refractivity contribution is 0.0909. The SMILES string of the molecule is COc1ccccc1-c1cn2c(C(=O)N[C@H](CO)CCSC)csc2n1. The van der Waals surface area contributed by atoms with E-state index in [1.54, 1.807) is 28.7 Å². The van der Waals surface area contributed by atoms with E-state index in [4.69, 9.17) is 4.74 Å². The van der Waals surface area contributed by atoms with Gasteiger partial charge in [0, 0.05) is 17.1 Å². The lowest BCUT2D eigenvalue weighted by Gasteiger charge is -2.15. The Morgan fingerprint density at radius 3 is 3.00 bits per heavy atom. The summed E-state index contributed by atoms with van der Waals surface area (Å²) in [7, 11) is 1.62. The first kappa shape index (κ1) is 18.8. The van der Waals surface area contributed by atoms with E-state index in [1.807, 2.05) is 36.7 Å². The number of carbonyl (C=O) groups is 1. The van der Waals surface area contributed by atoms with E-state index in [9.17, 15) is 9.90 Å². The van der Waals surface area contributed by atoms with Crippen LogP contribution >= 0.6 is 23.1 Å². The van der Waals surface area contributed by atoms with Crippen LogP contribution < -0.4 is 10.1 Å². The third kappa shape index (κ3) is 3.87. The summed E-state index contributed by atoms with van der Waals surface area (Å²) in [4.78, 5) is 18.0. The Hall–Kier alpha value is -2.03. The van der Waals surface area contributed by atoms with Gasteiger partial charge in [0.25, 0.3) is 5.91 Å². The molecule has 0 saturated carbocycles. The third-order valence-electron chi connectivity index (χ3n) is 4.05. The molecule has 1 amide bonds. The number of thiazole rings is 1. The van der Waals surface area contributed by atoms with Crippen LogP contribution in [0.4, 0.5) is 0 Å². The summed E-state index contributed by atoms with van der Waals surface area (Å²) in [6.45, 7) is -0.0734. The van der Waals surface area contributed by atoms with Gasteiger partial charge in [-0.05, 0) is 30.6 Å². The van der Waals surface area contributed by atoms with Gasteiger partial charge >= 0.3 is 0 Å². The number of rotatable bonds is 8. The summed E-state index contributed by atoms with van der Waals surface area (Å²) >= 11 is 3.10. The number of carbonyl (C=O) groups excluding carboxylic acids is 1. The summed E-state index contributed by atoms with van der Waals surface area (Å²) in [6, 6.07) is 7.41. The summed E-state index contributed by atoms with van der Waals surface area (Å²) in [5, 5.41) is 14.2. The number of amides is 1. The molecule has 26 heavy (non-hydrogen) atoms. The molecule has 2 aromatic heterocycles. The predicted molar refractivity (Wildman–Crippen MR) is 106 cm³/mol. The highest BCUT2D eigenvalue weighted by Crippen LogP contribution is 2.30. The molecular weight excluding hydrogens is 370 g/mol. The molecule has 138 valence electrons. The summed E-state index contributed by atoms with van der Waals surface area (Å²) < 4.78 is 7.18. The number of imidazole rings is 1. The first-order valence-corrected chi connectivity index (χ1v) is 10.5. The molecular formula is C18H21N3O3S2. The van der Waals surface area contributed by atoms with Crippen LogP contribution in [0, 0.1) is 0 Å². The van der Waals surface area contributed by atoms with Gasteiger partial charge in [-0.25, -0.2) is 4.98 Å². The van der Waals surface area contributed by atoms with E-state index >= 15 is 0 Å². The molecule has 0 spiro atoms. The maximum absolute atomic E-state index is 12.6. The number of thioether (sulfide) groups is 1. The second kappa shape index (κ2) is 8.57. The highest BCUT2D eigenvalue weighted by molar-refractivity contribution is 7.98. The molecule has 0 saturated heterocycles. The zero-order valence-corrected chi connectivity index (χ0v) is 16.3. The Morgan fingerprint density at radius 1 is 1.46 bits per heavy atom. The predicted octanol–water partition coefficient (Wildman–Crippen LogP) is 2.92. The third-order valence-corrected chi connectivity index (χ3v) is 5.53. The molecule has 6 nitrogen and oxygen atoms in total. The van der Waals surface area contributed by atoms with E-state index in [0.29, 0.717) is 5.69 Å². The van der Waals surface area contributed by atoms with Gasteiger partial charge in [-0.15, -0.1) is 11.3 Å². The fourth-order valence-electron chi connectivity index (χ4n) is 2.66. The molecule has 1 aromatic carbocycles. The number of hydrogen-bond acceptors (Lipinski definition) is 6. The minimum absolute atomic E-state index is 0.0734. The van der Waals surface area contributed by atoms with Gasteiger partial charge in [0.2, 0.25) is 0 Å². The van der Waals surface area contributed by atoms with Gasteiger partial charge in [-0.2, -0.15) is 11.8 Å². The first-order chi connectivity index (χ1) is 12.7. The second-order valence-electron chi connectivity index (χ2n) is 5.73. The van der Waals surface area contributed by atoms with Gasteiger partial charge in [0.15, 0.2) is 4.96 Å². The minimum atomic E-state index is -0.248. The van der Waals surface area contributed by atoms with Crippen molar-refractivity contribution in [2.45, 2.75) is 12.5 Å². The number of benzene rings is 1. The second-order valence-corrected chi connectivity index (χ2v) is 7.56. The van der Waals surface area contributed by atoms with E-state index in [-0.39, 0.29) is 18.6 Å². The monoisotopic (exact) mass is 391 g/mol. The van der Waals surface area contributed by atoms with Crippen LogP contribution in [0.2, 0.25) is 0 Å². The number of nitrogens with zero attached hydrogens (tertiary/aromatic N) is 2. The topological polar surface area (TPSA) is 75.9 Å². The number of methoxy groups -OCH3 is 1. The number of para-hydroxylation sites is 1. The molecule has 0 aliphatic rings. The van der Waals surface area contributed by atoms with Crippen LogP contribution in [0.3, 0.4) is 0 Å². The van der Waals surface area contributed by atoms with Crippen molar-refractivity contribution >= 4 is 34.0 Å². The van der Waals surface area contributed by atoms with Crippen molar-refractivity contribution in [1.82, 2.24) is 14.7 Å². The smallest absolute Gasteiger partial charge is 0.269 e. The van der Waals surface area contributed by atoms with Crippen LogP contribution in [0.5, 0.6) is 5.75 Å². The minimum Gasteiger partial charge on any atom is -0.496 e. The standard InChI is InChI=1S/C18H21N3O3S2/c1-24-16-6-4-3-5-13(16)14-9-21-15(11-26-18(21)20-14)17(23)19-12(10-22)7-8-25-2/h3-6,9,11-12,22H,7-8,10H2,1-2H3,(H,19,23)/t12-/m0/s1.